The van der Waals surface area contributed by atoms with Crippen LogP contribution in [0.1, 0.15) is 33.6 Å². The highest BCUT2D eigenvalue weighted by Gasteiger charge is 2.42. The first-order valence-corrected chi connectivity index (χ1v) is 7.88. The van der Waals surface area contributed by atoms with Crippen molar-refractivity contribution in [3.63, 3.8) is 0 Å². The molecule has 0 bridgehead atoms. The van der Waals surface area contributed by atoms with Crippen molar-refractivity contribution in [2.75, 3.05) is 39.3 Å². The van der Waals surface area contributed by atoms with Gasteiger partial charge < -0.3 is 25.4 Å². The van der Waals surface area contributed by atoms with Crippen molar-refractivity contribution in [1.82, 2.24) is 9.80 Å². The quantitative estimate of drug-likeness (QED) is 0.589. The Morgan fingerprint density at radius 1 is 1.23 bits per heavy atom. The Bertz CT molecular complexity index is 433. The van der Waals surface area contributed by atoms with Crippen molar-refractivity contribution in [3.05, 3.63) is 0 Å². The Balaban J connectivity index is 1.79. The molecule has 1 amide bonds. The molecule has 1 aliphatic carbocycles. The fraction of sp³-hybridized carbons (Fsp3) is 0.867. The first-order valence-electron chi connectivity index (χ1n) is 7.88. The molecule has 0 aromatic carbocycles. The van der Waals surface area contributed by atoms with Crippen molar-refractivity contribution < 1.29 is 14.6 Å². The number of amides is 1. The van der Waals surface area contributed by atoms with Gasteiger partial charge in [-0.3, -0.25) is 4.99 Å². The van der Waals surface area contributed by atoms with Crippen LogP contribution in [0.2, 0.25) is 0 Å². The van der Waals surface area contributed by atoms with E-state index < -0.39 is 5.60 Å². The van der Waals surface area contributed by atoms with Crippen LogP contribution in [0.25, 0.3) is 0 Å². The van der Waals surface area contributed by atoms with Gasteiger partial charge >= 0.3 is 6.09 Å². The molecule has 0 atom stereocenters. The first-order chi connectivity index (χ1) is 10.2. The number of guanidine groups is 1. The number of aliphatic hydroxyl groups is 1. The normalized spacial score (nSPS) is 21.7. The van der Waals surface area contributed by atoms with Crippen LogP contribution in [-0.4, -0.2) is 71.9 Å². The van der Waals surface area contributed by atoms with Gasteiger partial charge in [-0.05, 0) is 33.6 Å². The second-order valence-electron chi connectivity index (χ2n) is 7.29. The molecule has 1 aliphatic heterocycles. The summed E-state index contributed by atoms with van der Waals surface area (Å²) >= 11 is 0. The molecule has 2 rings (SSSR count). The van der Waals surface area contributed by atoms with Crippen molar-refractivity contribution >= 4 is 12.1 Å². The molecule has 0 radical (unpaired) electrons. The monoisotopic (exact) mass is 312 g/mol. The molecule has 0 spiro atoms. The van der Waals surface area contributed by atoms with Gasteiger partial charge in [0.05, 0.1) is 13.2 Å². The van der Waals surface area contributed by atoms with E-state index in [-0.39, 0.29) is 18.1 Å². The minimum Gasteiger partial charge on any atom is -0.444 e. The highest BCUT2D eigenvalue weighted by atomic mass is 16.6. The molecule has 1 saturated heterocycles. The average Bonchev–Trinajstić information content (AvgIpc) is 3.24. The molecular weight excluding hydrogens is 284 g/mol. The second-order valence-corrected chi connectivity index (χ2v) is 7.29. The molecule has 1 saturated carbocycles. The third-order valence-corrected chi connectivity index (χ3v) is 4.12. The van der Waals surface area contributed by atoms with Crippen LogP contribution < -0.4 is 5.73 Å². The van der Waals surface area contributed by atoms with E-state index in [0.29, 0.717) is 38.7 Å². The van der Waals surface area contributed by atoms with Gasteiger partial charge in [-0.1, -0.05) is 0 Å². The zero-order chi connectivity index (χ0) is 16.4. The van der Waals surface area contributed by atoms with Gasteiger partial charge in [-0.2, -0.15) is 0 Å². The van der Waals surface area contributed by atoms with Crippen molar-refractivity contribution in [2.45, 2.75) is 39.2 Å². The number of nitrogens with zero attached hydrogens (tertiary/aromatic N) is 3. The average molecular weight is 312 g/mol. The SMILES string of the molecule is CC(C)(C)OC(=O)N1CCN(C(N)=NCC2(CO)CC2)CC1. The molecule has 0 aromatic heterocycles. The van der Waals surface area contributed by atoms with Gasteiger partial charge in [-0.25, -0.2) is 4.79 Å². The highest BCUT2D eigenvalue weighted by Crippen LogP contribution is 2.45. The predicted molar refractivity (Wildman–Crippen MR) is 84.6 cm³/mol. The van der Waals surface area contributed by atoms with Crippen LogP contribution in [0, 0.1) is 5.41 Å². The predicted octanol–water partition coefficient (Wildman–Crippen LogP) is 0.626. The molecule has 7 heteroatoms. The van der Waals surface area contributed by atoms with E-state index in [1.165, 1.54) is 0 Å². The van der Waals surface area contributed by atoms with Crippen LogP contribution in [0.15, 0.2) is 4.99 Å². The smallest absolute Gasteiger partial charge is 0.410 e. The Labute approximate surface area is 132 Å². The molecule has 7 nitrogen and oxygen atoms in total. The second kappa shape index (κ2) is 6.32. The summed E-state index contributed by atoms with van der Waals surface area (Å²) in [6.45, 7) is 8.81. The molecule has 1 heterocycles. The Hall–Kier alpha value is -1.50. The van der Waals surface area contributed by atoms with Crippen molar-refractivity contribution in [2.24, 2.45) is 16.1 Å². The maximum Gasteiger partial charge on any atom is 0.410 e. The Morgan fingerprint density at radius 2 is 1.77 bits per heavy atom. The number of nitrogens with two attached hydrogens (primary N) is 1. The van der Waals surface area contributed by atoms with Crippen LogP contribution in [0.3, 0.4) is 0 Å². The summed E-state index contributed by atoms with van der Waals surface area (Å²) in [5.41, 5.74) is 5.52. The summed E-state index contributed by atoms with van der Waals surface area (Å²) in [7, 11) is 0. The summed E-state index contributed by atoms with van der Waals surface area (Å²) in [6.07, 6.45) is 1.76. The van der Waals surface area contributed by atoms with Gasteiger partial charge in [0.15, 0.2) is 5.96 Å². The molecular formula is C15H28N4O3. The van der Waals surface area contributed by atoms with Crippen LogP contribution >= 0.6 is 0 Å². The molecule has 22 heavy (non-hydrogen) atoms. The van der Waals surface area contributed by atoms with E-state index in [1.54, 1.807) is 4.90 Å². The van der Waals surface area contributed by atoms with E-state index >= 15 is 0 Å². The summed E-state index contributed by atoms with van der Waals surface area (Å²) in [5, 5.41) is 9.29. The van der Waals surface area contributed by atoms with Gasteiger partial charge in [0, 0.05) is 31.6 Å². The van der Waals surface area contributed by atoms with E-state index in [4.69, 9.17) is 10.5 Å². The minimum absolute atomic E-state index is 0.0248. The zero-order valence-corrected chi connectivity index (χ0v) is 13.8. The lowest BCUT2D eigenvalue weighted by atomic mass is 10.1. The molecule has 2 aliphatic rings. The van der Waals surface area contributed by atoms with Crippen molar-refractivity contribution in [1.29, 1.82) is 0 Å². The summed E-state index contributed by atoms with van der Waals surface area (Å²) in [6, 6.07) is 0. The van der Waals surface area contributed by atoms with E-state index in [2.05, 4.69) is 4.99 Å². The first kappa shape index (κ1) is 16.9. The van der Waals surface area contributed by atoms with E-state index in [1.807, 2.05) is 25.7 Å². The minimum atomic E-state index is -0.475. The lowest BCUT2D eigenvalue weighted by molar-refractivity contribution is 0.0186. The third-order valence-electron chi connectivity index (χ3n) is 4.12. The van der Waals surface area contributed by atoms with Gasteiger partial charge in [0.25, 0.3) is 0 Å². The number of hydrogen-bond acceptors (Lipinski definition) is 4. The van der Waals surface area contributed by atoms with Crippen LogP contribution in [0.4, 0.5) is 4.79 Å². The fourth-order valence-corrected chi connectivity index (χ4v) is 2.34. The number of rotatable bonds is 3. The van der Waals surface area contributed by atoms with Gasteiger partial charge in [0.1, 0.15) is 5.60 Å². The zero-order valence-electron chi connectivity index (χ0n) is 13.8. The lowest BCUT2D eigenvalue weighted by Gasteiger charge is -2.36. The number of hydrogen-bond donors (Lipinski definition) is 2. The van der Waals surface area contributed by atoms with E-state index in [9.17, 15) is 9.90 Å². The van der Waals surface area contributed by atoms with Crippen LogP contribution in [-0.2, 0) is 4.74 Å². The summed E-state index contributed by atoms with van der Waals surface area (Å²) < 4.78 is 5.37. The molecule has 126 valence electrons. The fourth-order valence-electron chi connectivity index (χ4n) is 2.34. The summed E-state index contributed by atoms with van der Waals surface area (Å²) in [4.78, 5) is 20.1. The maximum atomic E-state index is 12.0. The largest absolute Gasteiger partial charge is 0.444 e. The number of ether oxygens (including phenoxy) is 1. The number of aliphatic hydroxyl groups excluding tert-OH is 1. The third kappa shape index (κ3) is 4.50. The van der Waals surface area contributed by atoms with Gasteiger partial charge in [0.2, 0.25) is 0 Å². The molecule has 0 unspecified atom stereocenters. The standard InChI is InChI=1S/C15H28N4O3/c1-14(2,3)22-13(21)19-8-6-18(7-9-19)12(16)17-10-15(11-20)4-5-15/h20H,4-11H2,1-3H3,(H2,16,17). The van der Waals surface area contributed by atoms with Crippen LogP contribution in [0.5, 0.6) is 0 Å². The van der Waals surface area contributed by atoms with Gasteiger partial charge in [-0.15, -0.1) is 0 Å². The topological polar surface area (TPSA) is 91.4 Å². The number of piperazine rings is 1. The Morgan fingerprint density at radius 3 is 2.23 bits per heavy atom. The Kier molecular flexibility index (Phi) is 4.84. The van der Waals surface area contributed by atoms with E-state index in [0.717, 1.165) is 12.8 Å². The number of aliphatic imine (C=N–C) groups is 1. The molecule has 2 fully saturated rings. The number of carbonyl (C=O) groups excluding carboxylic acids is 1. The highest BCUT2D eigenvalue weighted by molar-refractivity contribution is 5.78. The maximum absolute atomic E-state index is 12.0. The summed E-state index contributed by atoms with van der Waals surface area (Å²) in [5.74, 6) is 0.503. The lowest BCUT2D eigenvalue weighted by Crippen LogP contribution is -2.53. The molecule has 3 N–H and O–H groups in total. The molecule has 0 aromatic rings. The number of carbonyl (C=O) groups is 1. The van der Waals surface area contributed by atoms with Crippen molar-refractivity contribution in [3.8, 4) is 0 Å².